The van der Waals surface area contributed by atoms with Crippen molar-refractivity contribution >= 4 is 10.0 Å². The summed E-state index contributed by atoms with van der Waals surface area (Å²) in [6, 6.07) is 0. The topological polar surface area (TPSA) is 64.4 Å². The van der Waals surface area contributed by atoms with Crippen LogP contribution in [0.2, 0.25) is 0 Å². The minimum absolute atomic E-state index is 0.111. The number of sulfonamides is 1. The smallest absolute Gasteiger partial charge is 0.381 e. The third-order valence-corrected chi connectivity index (χ3v) is 7.19. The van der Waals surface area contributed by atoms with E-state index in [1.165, 1.54) is 10.5 Å². The van der Waals surface area contributed by atoms with Gasteiger partial charge in [0.2, 0.25) is 0 Å². The zero-order valence-electron chi connectivity index (χ0n) is 14.2. The molecule has 3 rings (SSSR count). The minimum atomic E-state index is -4.34. The zero-order chi connectivity index (χ0) is 18.5. The Morgan fingerprint density at radius 2 is 1.96 bits per heavy atom. The van der Waals surface area contributed by atoms with Crippen molar-refractivity contribution in [3.05, 3.63) is 12.0 Å². The summed E-state index contributed by atoms with van der Waals surface area (Å²) in [6.45, 7) is 1.84. The molecule has 0 aromatic carbocycles. The predicted molar refractivity (Wildman–Crippen MR) is 83.4 cm³/mol. The average molecular weight is 381 g/mol. The Balaban J connectivity index is 1.92. The van der Waals surface area contributed by atoms with Crippen LogP contribution in [0.1, 0.15) is 25.1 Å². The van der Waals surface area contributed by atoms with Gasteiger partial charge in [-0.3, -0.25) is 0 Å². The molecule has 0 radical (unpaired) electrons. The fraction of sp³-hybridized carbons (Fsp3) is 0.800. The molecule has 2 saturated heterocycles. The van der Waals surface area contributed by atoms with Crippen LogP contribution in [0, 0.1) is 18.3 Å². The number of imidazole rings is 1. The molecule has 0 bridgehead atoms. The maximum atomic E-state index is 13.5. The predicted octanol–water partition coefficient (Wildman–Crippen LogP) is 2.10. The number of alkyl halides is 3. The summed E-state index contributed by atoms with van der Waals surface area (Å²) < 4.78 is 74.4. The Labute approximate surface area is 145 Å². The summed E-state index contributed by atoms with van der Waals surface area (Å²) in [4.78, 5) is 4.04. The molecule has 2 aliphatic rings. The molecule has 1 aromatic rings. The number of aryl methyl sites for hydroxylation is 2. The van der Waals surface area contributed by atoms with Crippen molar-refractivity contribution in [2.75, 3.05) is 26.3 Å². The average Bonchev–Trinajstić information content (AvgIpc) is 2.87. The number of aromatic nitrogens is 2. The van der Waals surface area contributed by atoms with Crippen LogP contribution in [0.5, 0.6) is 0 Å². The molecule has 0 amide bonds. The lowest BCUT2D eigenvalue weighted by molar-refractivity contribution is -0.231. The highest BCUT2D eigenvalue weighted by Crippen LogP contribution is 2.51. The van der Waals surface area contributed by atoms with Gasteiger partial charge in [0.15, 0.2) is 5.03 Å². The van der Waals surface area contributed by atoms with Crippen LogP contribution in [0.3, 0.4) is 0 Å². The van der Waals surface area contributed by atoms with E-state index in [9.17, 15) is 21.6 Å². The molecule has 0 aliphatic carbocycles. The van der Waals surface area contributed by atoms with Gasteiger partial charge >= 0.3 is 6.18 Å². The van der Waals surface area contributed by atoms with E-state index in [-0.39, 0.29) is 50.6 Å². The van der Waals surface area contributed by atoms with Crippen molar-refractivity contribution in [1.29, 1.82) is 0 Å². The maximum Gasteiger partial charge on any atom is 0.392 e. The van der Waals surface area contributed by atoms with E-state index in [0.29, 0.717) is 5.82 Å². The van der Waals surface area contributed by atoms with Crippen molar-refractivity contribution in [3.63, 3.8) is 0 Å². The molecule has 10 heteroatoms. The first-order chi connectivity index (χ1) is 11.6. The van der Waals surface area contributed by atoms with Gasteiger partial charge in [-0.2, -0.15) is 17.5 Å². The molecule has 1 unspecified atom stereocenters. The quantitative estimate of drug-likeness (QED) is 0.787. The largest absolute Gasteiger partial charge is 0.392 e. The van der Waals surface area contributed by atoms with Gasteiger partial charge in [0, 0.05) is 45.0 Å². The van der Waals surface area contributed by atoms with Gasteiger partial charge in [-0.05, 0) is 26.2 Å². The summed E-state index contributed by atoms with van der Waals surface area (Å²) in [5.74, 6) is -0.967. The second-order valence-electron chi connectivity index (χ2n) is 6.93. The molecule has 1 atom stereocenters. The lowest BCUT2D eigenvalue weighted by Gasteiger charge is -2.49. The molecule has 1 spiro atoms. The lowest BCUT2D eigenvalue weighted by atomic mass is 9.66. The van der Waals surface area contributed by atoms with E-state index in [1.807, 2.05) is 0 Å². The Kier molecular flexibility index (Phi) is 4.66. The van der Waals surface area contributed by atoms with Crippen molar-refractivity contribution < 1.29 is 26.3 Å². The number of nitrogens with zero attached hydrogens (tertiary/aromatic N) is 3. The number of ether oxygens (including phenoxy) is 1. The number of halogens is 3. The Bertz CT molecular complexity index is 719. The third-order valence-electron chi connectivity index (χ3n) is 5.47. The molecule has 2 fully saturated rings. The molecule has 0 N–H and O–H groups in total. The standard InChI is InChI=1S/C15H22F3N3O3S/c1-11-19-13(9-20(11)2)25(22,23)21-6-3-12(15(16,17)18)14(10-21)4-7-24-8-5-14/h9,12H,3-8,10H2,1-2H3. The van der Waals surface area contributed by atoms with Gasteiger partial charge in [-0.25, -0.2) is 13.4 Å². The van der Waals surface area contributed by atoms with Gasteiger partial charge in [0.25, 0.3) is 10.0 Å². The van der Waals surface area contributed by atoms with Crippen molar-refractivity contribution in [2.45, 2.75) is 37.4 Å². The molecular weight excluding hydrogens is 359 g/mol. The second kappa shape index (κ2) is 6.24. The summed E-state index contributed by atoms with van der Waals surface area (Å²) in [6.07, 6.45) is -2.74. The molecule has 0 saturated carbocycles. The molecule has 2 aliphatic heterocycles. The Hall–Kier alpha value is -1.13. The Morgan fingerprint density at radius 3 is 2.48 bits per heavy atom. The van der Waals surface area contributed by atoms with Gasteiger partial charge < -0.3 is 9.30 Å². The van der Waals surface area contributed by atoms with Crippen molar-refractivity contribution in [1.82, 2.24) is 13.9 Å². The Morgan fingerprint density at radius 1 is 1.32 bits per heavy atom. The fourth-order valence-corrected chi connectivity index (χ4v) is 5.48. The zero-order valence-corrected chi connectivity index (χ0v) is 15.0. The normalized spacial score (nSPS) is 25.4. The molecule has 25 heavy (non-hydrogen) atoms. The number of hydrogen-bond donors (Lipinski definition) is 0. The van der Waals surface area contributed by atoms with E-state index in [1.54, 1.807) is 18.5 Å². The number of piperidine rings is 1. The van der Waals surface area contributed by atoms with Crippen molar-refractivity contribution in [3.8, 4) is 0 Å². The van der Waals surface area contributed by atoms with Gasteiger partial charge in [-0.15, -0.1) is 0 Å². The second-order valence-corrected chi connectivity index (χ2v) is 8.82. The van der Waals surface area contributed by atoms with E-state index in [0.717, 1.165) is 0 Å². The monoisotopic (exact) mass is 381 g/mol. The van der Waals surface area contributed by atoms with Crippen molar-refractivity contribution in [2.24, 2.45) is 18.4 Å². The first-order valence-electron chi connectivity index (χ1n) is 8.21. The van der Waals surface area contributed by atoms with Gasteiger partial charge in [0.05, 0.1) is 5.92 Å². The highest BCUT2D eigenvalue weighted by molar-refractivity contribution is 7.89. The molecule has 6 nitrogen and oxygen atoms in total. The maximum absolute atomic E-state index is 13.5. The number of hydrogen-bond acceptors (Lipinski definition) is 4. The minimum Gasteiger partial charge on any atom is -0.381 e. The van der Waals surface area contributed by atoms with Crippen LogP contribution >= 0.6 is 0 Å². The SMILES string of the molecule is Cc1nc(S(=O)(=O)N2CCC(C(F)(F)F)C3(CCOCC3)C2)cn1C. The molecular formula is C15H22F3N3O3S. The van der Waals surface area contributed by atoms with Crippen LogP contribution in [-0.4, -0.2) is 54.8 Å². The molecule has 142 valence electrons. The molecule has 1 aromatic heterocycles. The first kappa shape index (κ1) is 18.7. The highest BCUT2D eigenvalue weighted by atomic mass is 32.2. The third kappa shape index (κ3) is 3.31. The summed E-state index contributed by atoms with van der Waals surface area (Å²) in [5.41, 5.74) is -1.12. The summed E-state index contributed by atoms with van der Waals surface area (Å²) in [7, 11) is -2.24. The van der Waals surface area contributed by atoms with Crippen LogP contribution in [0.4, 0.5) is 13.2 Å². The van der Waals surface area contributed by atoms with E-state index < -0.39 is 27.5 Å². The highest BCUT2D eigenvalue weighted by Gasteiger charge is 2.57. The molecule has 3 heterocycles. The van der Waals surface area contributed by atoms with Crippen LogP contribution in [0.15, 0.2) is 11.2 Å². The van der Waals surface area contributed by atoms with E-state index >= 15 is 0 Å². The van der Waals surface area contributed by atoms with Gasteiger partial charge in [0.1, 0.15) is 5.82 Å². The summed E-state index contributed by atoms with van der Waals surface area (Å²) in [5, 5.41) is -0.111. The van der Waals surface area contributed by atoms with E-state index in [4.69, 9.17) is 4.74 Å². The lowest BCUT2D eigenvalue weighted by Crippen LogP contribution is -2.56. The number of rotatable bonds is 2. The summed E-state index contributed by atoms with van der Waals surface area (Å²) >= 11 is 0. The van der Waals surface area contributed by atoms with Gasteiger partial charge in [-0.1, -0.05) is 0 Å². The fourth-order valence-electron chi connectivity index (χ4n) is 3.90. The van der Waals surface area contributed by atoms with Crippen LogP contribution in [0.25, 0.3) is 0 Å². The van der Waals surface area contributed by atoms with E-state index in [2.05, 4.69) is 4.98 Å². The first-order valence-corrected chi connectivity index (χ1v) is 9.65. The van der Waals surface area contributed by atoms with Crippen LogP contribution in [-0.2, 0) is 21.8 Å². The van der Waals surface area contributed by atoms with Crippen LogP contribution < -0.4 is 0 Å².